The Morgan fingerprint density at radius 2 is 1.62 bits per heavy atom. The summed E-state index contributed by atoms with van der Waals surface area (Å²) in [6.45, 7) is 8.65. The summed E-state index contributed by atoms with van der Waals surface area (Å²) in [6.07, 6.45) is 0. The van der Waals surface area contributed by atoms with Crippen molar-refractivity contribution < 1.29 is 24.5 Å². The molecule has 0 saturated carbocycles. The number of nitrogens with zero attached hydrogens (tertiary/aromatic N) is 1. The summed E-state index contributed by atoms with van der Waals surface area (Å²) in [5, 5.41) is 20.0. The van der Waals surface area contributed by atoms with Gasteiger partial charge in [0, 0.05) is 12.1 Å². The fourth-order valence-electron chi connectivity index (χ4n) is 3.82. The Labute approximate surface area is 189 Å². The minimum atomic E-state index is -0.719. The molecule has 0 bridgehead atoms. The van der Waals surface area contributed by atoms with Crippen LogP contribution in [0.3, 0.4) is 0 Å². The maximum absolute atomic E-state index is 13.0. The third-order valence-corrected chi connectivity index (χ3v) is 5.67. The molecule has 2 aromatic carbocycles. The van der Waals surface area contributed by atoms with Gasteiger partial charge < -0.3 is 19.8 Å². The molecule has 1 atom stereocenters. The van der Waals surface area contributed by atoms with E-state index in [1.54, 1.807) is 12.1 Å². The summed E-state index contributed by atoms with van der Waals surface area (Å²) in [4.78, 5) is 27.3. The topological polar surface area (TPSA) is 87.1 Å². The summed E-state index contributed by atoms with van der Waals surface area (Å²) < 4.78 is 5.34. The van der Waals surface area contributed by atoms with Gasteiger partial charge in [0.1, 0.15) is 5.76 Å². The first-order chi connectivity index (χ1) is 15.1. The molecule has 6 heteroatoms. The molecule has 6 nitrogen and oxygen atoms in total. The van der Waals surface area contributed by atoms with Gasteiger partial charge >= 0.3 is 0 Å². The molecule has 1 saturated heterocycles. The second kappa shape index (κ2) is 9.67. The highest BCUT2D eigenvalue weighted by atomic mass is 16.5. The van der Waals surface area contributed by atoms with Crippen LogP contribution < -0.4 is 0 Å². The lowest BCUT2D eigenvalue weighted by Crippen LogP contribution is -2.33. The largest absolute Gasteiger partial charge is 0.507 e. The molecule has 0 aromatic heterocycles. The van der Waals surface area contributed by atoms with Gasteiger partial charge in [-0.15, -0.1) is 0 Å². The molecule has 0 radical (unpaired) electrons. The summed E-state index contributed by atoms with van der Waals surface area (Å²) in [5.41, 5.74) is 3.42. The van der Waals surface area contributed by atoms with Gasteiger partial charge in [0.15, 0.2) is 0 Å². The lowest BCUT2D eigenvalue weighted by molar-refractivity contribution is -0.140. The summed E-state index contributed by atoms with van der Waals surface area (Å²) in [7, 11) is 0. The minimum absolute atomic E-state index is 0.0413. The number of Topliss-reactive ketones (excluding diaryl/α,β-unsaturated/α-hetero) is 1. The normalized spacial score (nSPS) is 18.4. The number of amides is 1. The van der Waals surface area contributed by atoms with Crippen LogP contribution in [-0.4, -0.2) is 53.2 Å². The average molecular weight is 438 g/mol. The Kier molecular flexibility index (Phi) is 7.16. The van der Waals surface area contributed by atoms with Gasteiger partial charge in [0.05, 0.1) is 31.4 Å². The number of benzene rings is 2. The van der Waals surface area contributed by atoms with E-state index in [9.17, 15) is 14.7 Å². The van der Waals surface area contributed by atoms with E-state index in [0.29, 0.717) is 5.56 Å². The maximum atomic E-state index is 13.0. The van der Waals surface area contributed by atoms with E-state index in [1.807, 2.05) is 43.3 Å². The van der Waals surface area contributed by atoms with E-state index < -0.39 is 17.7 Å². The number of likely N-dealkylation sites (tertiary alicyclic amines) is 1. The number of aliphatic hydroxyl groups excluding tert-OH is 2. The van der Waals surface area contributed by atoms with Crippen LogP contribution >= 0.6 is 0 Å². The van der Waals surface area contributed by atoms with E-state index >= 15 is 0 Å². The van der Waals surface area contributed by atoms with Crippen molar-refractivity contribution in [2.75, 3.05) is 26.4 Å². The van der Waals surface area contributed by atoms with Crippen LogP contribution in [0.4, 0.5) is 0 Å². The minimum Gasteiger partial charge on any atom is -0.507 e. The Morgan fingerprint density at radius 3 is 2.19 bits per heavy atom. The zero-order valence-electron chi connectivity index (χ0n) is 19.1. The van der Waals surface area contributed by atoms with Crippen LogP contribution in [0.2, 0.25) is 0 Å². The molecule has 0 spiro atoms. The summed E-state index contributed by atoms with van der Waals surface area (Å²) in [6, 6.07) is 14.2. The number of hydrogen-bond acceptors (Lipinski definition) is 5. The Hall–Kier alpha value is -2.96. The molecular weight excluding hydrogens is 406 g/mol. The van der Waals surface area contributed by atoms with Gasteiger partial charge in [-0.3, -0.25) is 9.59 Å². The zero-order valence-corrected chi connectivity index (χ0v) is 19.1. The molecule has 1 heterocycles. The quantitative estimate of drug-likeness (QED) is 0.298. The first-order valence-electron chi connectivity index (χ1n) is 10.8. The predicted molar refractivity (Wildman–Crippen MR) is 123 cm³/mol. The fraction of sp³-hybridized carbons (Fsp3) is 0.385. The number of ketones is 1. The number of carbonyl (C=O) groups excluding carboxylic acids is 2. The number of rotatable bonds is 7. The van der Waals surface area contributed by atoms with Crippen molar-refractivity contribution in [1.29, 1.82) is 0 Å². The number of ether oxygens (including phenoxy) is 1. The van der Waals surface area contributed by atoms with Crippen LogP contribution in [0.15, 0.2) is 54.1 Å². The Bertz CT molecular complexity index is 1000. The predicted octanol–water partition coefficient (Wildman–Crippen LogP) is 3.72. The molecule has 32 heavy (non-hydrogen) atoms. The van der Waals surface area contributed by atoms with Crippen LogP contribution in [0.25, 0.3) is 5.76 Å². The van der Waals surface area contributed by atoms with Crippen LogP contribution in [0.5, 0.6) is 0 Å². The maximum Gasteiger partial charge on any atom is 0.295 e. The monoisotopic (exact) mass is 437 g/mol. The van der Waals surface area contributed by atoms with Crippen molar-refractivity contribution in [3.05, 3.63) is 76.4 Å². The van der Waals surface area contributed by atoms with E-state index in [2.05, 4.69) is 20.8 Å². The van der Waals surface area contributed by atoms with Crippen molar-refractivity contribution in [1.82, 2.24) is 4.90 Å². The molecular formula is C26H31NO5. The Balaban J connectivity index is 2.07. The molecule has 1 fully saturated rings. The molecule has 170 valence electrons. The van der Waals surface area contributed by atoms with Crippen molar-refractivity contribution >= 4 is 17.4 Å². The van der Waals surface area contributed by atoms with Gasteiger partial charge in [0.25, 0.3) is 11.7 Å². The molecule has 0 aliphatic carbocycles. The average Bonchev–Trinajstić information content (AvgIpc) is 3.01. The number of aryl methyl sites for hydroxylation is 1. The third kappa shape index (κ3) is 4.92. The van der Waals surface area contributed by atoms with E-state index in [1.165, 1.54) is 4.90 Å². The Morgan fingerprint density at radius 1 is 1.00 bits per heavy atom. The van der Waals surface area contributed by atoms with Gasteiger partial charge in [-0.1, -0.05) is 74.9 Å². The zero-order chi connectivity index (χ0) is 23.5. The van der Waals surface area contributed by atoms with Crippen molar-refractivity contribution in [3.8, 4) is 0 Å². The van der Waals surface area contributed by atoms with E-state index in [0.717, 1.165) is 16.7 Å². The van der Waals surface area contributed by atoms with Gasteiger partial charge in [0.2, 0.25) is 0 Å². The second-order valence-corrected chi connectivity index (χ2v) is 9.07. The molecule has 1 unspecified atom stereocenters. The third-order valence-electron chi connectivity index (χ3n) is 5.67. The second-order valence-electron chi connectivity index (χ2n) is 9.07. The molecule has 1 amide bonds. The fourth-order valence-corrected chi connectivity index (χ4v) is 3.82. The first-order valence-corrected chi connectivity index (χ1v) is 10.8. The number of carbonyl (C=O) groups is 2. The SMILES string of the molecule is Cc1ccc(C(O)=C2C(=O)C(=O)N(CCOCCO)C2c2ccc(C(C)(C)C)cc2)cc1. The number of aliphatic hydroxyl groups is 2. The molecule has 2 N–H and O–H groups in total. The summed E-state index contributed by atoms with van der Waals surface area (Å²) in [5.74, 6) is -1.57. The van der Waals surface area contributed by atoms with E-state index in [4.69, 9.17) is 9.84 Å². The highest BCUT2D eigenvalue weighted by Gasteiger charge is 2.45. The molecule has 1 aliphatic heterocycles. The van der Waals surface area contributed by atoms with Gasteiger partial charge in [-0.2, -0.15) is 0 Å². The number of hydrogen-bond donors (Lipinski definition) is 2. The summed E-state index contributed by atoms with van der Waals surface area (Å²) >= 11 is 0. The molecule has 3 rings (SSSR count). The van der Waals surface area contributed by atoms with Crippen molar-refractivity contribution in [2.24, 2.45) is 0 Å². The standard InChI is InChI=1S/C26H31NO5/c1-17-5-7-19(8-6-17)23(29)21-22(18-9-11-20(12-10-18)26(2,3)4)27(25(31)24(21)30)13-15-32-16-14-28/h5-12,22,28-29H,13-16H2,1-4H3. The van der Waals surface area contributed by atoms with Crippen molar-refractivity contribution in [3.63, 3.8) is 0 Å². The smallest absolute Gasteiger partial charge is 0.295 e. The van der Waals surface area contributed by atoms with Crippen LogP contribution in [0.1, 0.15) is 49.1 Å². The lowest BCUT2D eigenvalue weighted by atomic mass is 9.85. The van der Waals surface area contributed by atoms with Crippen LogP contribution in [-0.2, 0) is 19.7 Å². The molecule has 1 aliphatic rings. The van der Waals surface area contributed by atoms with Crippen molar-refractivity contribution in [2.45, 2.75) is 39.2 Å². The van der Waals surface area contributed by atoms with Crippen LogP contribution in [0, 0.1) is 6.92 Å². The first kappa shape index (κ1) is 23.7. The van der Waals surface area contributed by atoms with Gasteiger partial charge in [-0.05, 0) is 23.5 Å². The molecule has 2 aromatic rings. The highest BCUT2D eigenvalue weighted by molar-refractivity contribution is 6.46. The van der Waals surface area contributed by atoms with E-state index in [-0.39, 0.29) is 43.1 Å². The van der Waals surface area contributed by atoms with Gasteiger partial charge in [-0.25, -0.2) is 0 Å². The highest BCUT2D eigenvalue weighted by Crippen LogP contribution is 2.39. The lowest BCUT2D eigenvalue weighted by Gasteiger charge is -2.26.